The molecule has 0 saturated carbocycles. The van der Waals surface area contributed by atoms with Crippen molar-refractivity contribution < 1.29 is 14.3 Å². The molecule has 24 heavy (non-hydrogen) atoms. The molecule has 0 saturated heterocycles. The maximum absolute atomic E-state index is 11.8. The molecule has 0 aliphatic heterocycles. The summed E-state index contributed by atoms with van der Waals surface area (Å²) in [7, 11) is 1.48. The van der Waals surface area contributed by atoms with E-state index >= 15 is 0 Å². The van der Waals surface area contributed by atoms with Crippen molar-refractivity contribution in [1.29, 1.82) is 0 Å². The van der Waals surface area contributed by atoms with Crippen LogP contribution in [0.3, 0.4) is 0 Å². The Hall–Kier alpha value is -2.03. The van der Waals surface area contributed by atoms with Crippen LogP contribution >= 0.6 is 0 Å². The summed E-state index contributed by atoms with van der Waals surface area (Å²) >= 11 is 0. The van der Waals surface area contributed by atoms with Crippen molar-refractivity contribution in [2.24, 2.45) is 0 Å². The van der Waals surface area contributed by atoms with Gasteiger partial charge in [-0.05, 0) is 45.1 Å². The number of allylic oxidation sites excluding steroid dienone is 6. The van der Waals surface area contributed by atoms with Crippen LogP contribution in [0.4, 0.5) is 0 Å². The van der Waals surface area contributed by atoms with Gasteiger partial charge in [-0.3, -0.25) is 0 Å². The molecule has 0 amide bonds. The lowest BCUT2D eigenvalue weighted by atomic mass is 10.1. The number of rotatable bonds is 14. The SMILES string of the molecule is C=C/C=C/CCCCCC/C=C(C)/C=C(\OC)C(=O)OCCC=C. The third kappa shape index (κ3) is 12.5. The van der Waals surface area contributed by atoms with Crippen molar-refractivity contribution in [3.05, 3.63) is 60.9 Å². The van der Waals surface area contributed by atoms with Crippen LogP contribution in [0.15, 0.2) is 60.9 Å². The molecule has 0 rings (SSSR count). The molecule has 0 fully saturated rings. The van der Waals surface area contributed by atoms with Gasteiger partial charge < -0.3 is 9.47 Å². The molecule has 0 bridgehead atoms. The summed E-state index contributed by atoms with van der Waals surface area (Å²) in [5.41, 5.74) is 1.02. The van der Waals surface area contributed by atoms with E-state index in [1.165, 1.54) is 26.4 Å². The molecule has 3 nitrogen and oxygen atoms in total. The molecule has 134 valence electrons. The van der Waals surface area contributed by atoms with Crippen LogP contribution in [0, 0.1) is 0 Å². The van der Waals surface area contributed by atoms with Crippen molar-refractivity contribution in [2.75, 3.05) is 13.7 Å². The van der Waals surface area contributed by atoms with E-state index in [0.717, 1.165) is 24.8 Å². The first-order chi connectivity index (χ1) is 11.7. The van der Waals surface area contributed by atoms with Gasteiger partial charge in [0.05, 0.1) is 13.7 Å². The minimum atomic E-state index is -0.431. The first-order valence-electron chi connectivity index (χ1n) is 8.63. The van der Waals surface area contributed by atoms with Crippen LogP contribution in [-0.4, -0.2) is 19.7 Å². The molecule has 0 N–H and O–H groups in total. The molecular weight excluding hydrogens is 300 g/mol. The standard InChI is InChI=1S/C21H32O3/c1-5-7-9-10-11-12-13-14-15-16-19(3)18-20(23-4)21(22)24-17-8-6-2/h5-7,9,16,18H,1-2,8,10-15,17H2,3-4H3/b9-7+,19-16+,20-18-. The number of carbonyl (C=O) groups is 1. The monoisotopic (exact) mass is 332 g/mol. The fourth-order valence-electron chi connectivity index (χ4n) is 2.06. The van der Waals surface area contributed by atoms with E-state index in [2.05, 4.69) is 25.3 Å². The Morgan fingerprint density at radius 2 is 1.75 bits per heavy atom. The highest BCUT2D eigenvalue weighted by Gasteiger charge is 2.10. The Balaban J connectivity index is 4.07. The van der Waals surface area contributed by atoms with Gasteiger partial charge in [0, 0.05) is 0 Å². The van der Waals surface area contributed by atoms with E-state index in [4.69, 9.17) is 9.47 Å². The summed E-state index contributed by atoms with van der Waals surface area (Å²) in [5.74, 6) is -0.193. The number of methoxy groups -OCH3 is 1. The second kappa shape index (κ2) is 15.9. The minimum absolute atomic E-state index is 0.238. The van der Waals surface area contributed by atoms with Gasteiger partial charge in [-0.1, -0.05) is 55.4 Å². The quantitative estimate of drug-likeness (QED) is 0.103. The summed E-state index contributed by atoms with van der Waals surface area (Å²) in [4.78, 5) is 11.8. The third-order valence-electron chi connectivity index (χ3n) is 3.40. The molecule has 0 radical (unpaired) electrons. The van der Waals surface area contributed by atoms with Gasteiger partial charge in [0.15, 0.2) is 0 Å². The molecule has 0 aliphatic rings. The number of carbonyl (C=O) groups excluding carboxylic acids is 1. The topological polar surface area (TPSA) is 35.5 Å². The average molecular weight is 332 g/mol. The first kappa shape index (κ1) is 22.0. The maximum Gasteiger partial charge on any atom is 0.373 e. The van der Waals surface area contributed by atoms with Crippen LogP contribution in [-0.2, 0) is 14.3 Å². The molecule has 0 heterocycles. The molecule has 0 aromatic carbocycles. The summed E-state index contributed by atoms with van der Waals surface area (Å²) in [6.07, 6.45) is 19.1. The van der Waals surface area contributed by atoms with Crippen LogP contribution < -0.4 is 0 Å². The number of unbranched alkanes of at least 4 members (excludes halogenated alkanes) is 5. The summed E-state index contributed by atoms with van der Waals surface area (Å²) in [6.45, 7) is 9.54. The van der Waals surface area contributed by atoms with Crippen molar-refractivity contribution in [3.8, 4) is 0 Å². The van der Waals surface area contributed by atoms with Gasteiger partial charge in [-0.25, -0.2) is 4.79 Å². The average Bonchev–Trinajstić information content (AvgIpc) is 2.58. The number of ether oxygens (including phenoxy) is 2. The number of hydrogen-bond acceptors (Lipinski definition) is 3. The van der Waals surface area contributed by atoms with Crippen LogP contribution in [0.1, 0.15) is 51.9 Å². The maximum atomic E-state index is 11.8. The van der Waals surface area contributed by atoms with Crippen LogP contribution in [0.2, 0.25) is 0 Å². The van der Waals surface area contributed by atoms with Crippen molar-refractivity contribution in [3.63, 3.8) is 0 Å². The lowest BCUT2D eigenvalue weighted by molar-refractivity contribution is -0.142. The molecule has 3 heteroatoms. The van der Waals surface area contributed by atoms with Gasteiger partial charge in [-0.15, -0.1) is 6.58 Å². The van der Waals surface area contributed by atoms with Crippen molar-refractivity contribution >= 4 is 5.97 Å². The Morgan fingerprint density at radius 1 is 1.04 bits per heavy atom. The molecule has 0 unspecified atom stereocenters. The largest absolute Gasteiger partial charge is 0.490 e. The van der Waals surface area contributed by atoms with Crippen LogP contribution in [0.5, 0.6) is 0 Å². The van der Waals surface area contributed by atoms with E-state index < -0.39 is 5.97 Å². The molecular formula is C21H32O3. The third-order valence-corrected chi connectivity index (χ3v) is 3.40. The highest BCUT2D eigenvalue weighted by atomic mass is 16.6. The fraction of sp³-hybridized carbons (Fsp3) is 0.476. The number of esters is 1. The van der Waals surface area contributed by atoms with Gasteiger partial charge in [-0.2, -0.15) is 0 Å². The van der Waals surface area contributed by atoms with E-state index in [1.54, 1.807) is 12.2 Å². The molecule has 0 spiro atoms. The van der Waals surface area contributed by atoms with Crippen molar-refractivity contribution in [2.45, 2.75) is 51.9 Å². The smallest absolute Gasteiger partial charge is 0.373 e. The molecule has 0 aliphatic carbocycles. The van der Waals surface area contributed by atoms with Gasteiger partial charge in [0.1, 0.15) is 0 Å². The Kier molecular flexibility index (Phi) is 14.5. The van der Waals surface area contributed by atoms with Gasteiger partial charge in [0.25, 0.3) is 0 Å². The van der Waals surface area contributed by atoms with Crippen molar-refractivity contribution in [1.82, 2.24) is 0 Å². The highest BCUT2D eigenvalue weighted by Crippen LogP contribution is 2.10. The van der Waals surface area contributed by atoms with E-state index in [9.17, 15) is 4.79 Å². The fourth-order valence-corrected chi connectivity index (χ4v) is 2.06. The van der Waals surface area contributed by atoms with E-state index in [0.29, 0.717) is 13.0 Å². The molecule has 0 aromatic rings. The predicted molar refractivity (Wildman–Crippen MR) is 102 cm³/mol. The lowest BCUT2D eigenvalue weighted by Crippen LogP contribution is -2.10. The zero-order chi connectivity index (χ0) is 18.0. The summed E-state index contributed by atoms with van der Waals surface area (Å²) < 4.78 is 10.2. The Bertz CT molecular complexity index is 456. The van der Waals surface area contributed by atoms with Gasteiger partial charge in [0.2, 0.25) is 5.76 Å². The normalized spacial score (nSPS) is 12.2. The Morgan fingerprint density at radius 3 is 2.38 bits per heavy atom. The van der Waals surface area contributed by atoms with Gasteiger partial charge >= 0.3 is 5.97 Å². The predicted octanol–water partition coefficient (Wildman–Crippen LogP) is 5.67. The summed E-state index contributed by atoms with van der Waals surface area (Å²) in [6, 6.07) is 0. The van der Waals surface area contributed by atoms with Crippen LogP contribution in [0.25, 0.3) is 0 Å². The summed E-state index contributed by atoms with van der Waals surface area (Å²) in [5, 5.41) is 0. The zero-order valence-corrected chi connectivity index (χ0v) is 15.3. The molecule has 0 aromatic heterocycles. The highest BCUT2D eigenvalue weighted by molar-refractivity contribution is 5.86. The minimum Gasteiger partial charge on any atom is -0.490 e. The Labute approximate surface area is 147 Å². The number of hydrogen-bond donors (Lipinski definition) is 0. The lowest BCUT2D eigenvalue weighted by Gasteiger charge is -2.06. The zero-order valence-electron chi connectivity index (χ0n) is 15.3. The molecule has 0 atom stereocenters. The van der Waals surface area contributed by atoms with E-state index in [-0.39, 0.29) is 5.76 Å². The second-order valence-electron chi connectivity index (χ2n) is 5.53. The van der Waals surface area contributed by atoms with E-state index in [1.807, 2.05) is 19.1 Å². The first-order valence-corrected chi connectivity index (χ1v) is 8.63. The second-order valence-corrected chi connectivity index (χ2v) is 5.53.